The minimum absolute atomic E-state index is 0.0212. The van der Waals surface area contributed by atoms with Crippen molar-refractivity contribution in [3.8, 4) is 11.5 Å². The van der Waals surface area contributed by atoms with Crippen LogP contribution in [-0.2, 0) is 4.79 Å². The molecule has 6 heteroatoms. The topological polar surface area (TPSA) is 66.8 Å². The van der Waals surface area contributed by atoms with Crippen LogP contribution in [0, 0.1) is 0 Å². The summed E-state index contributed by atoms with van der Waals surface area (Å²) in [6.45, 7) is 4.78. The van der Waals surface area contributed by atoms with Crippen molar-refractivity contribution in [3.63, 3.8) is 0 Å². The molecule has 0 unspecified atom stereocenters. The van der Waals surface area contributed by atoms with Crippen LogP contribution in [0.1, 0.15) is 38.7 Å². The van der Waals surface area contributed by atoms with Gasteiger partial charge in [0, 0.05) is 12.1 Å². The van der Waals surface area contributed by atoms with E-state index in [2.05, 4.69) is 6.92 Å². The van der Waals surface area contributed by atoms with Crippen molar-refractivity contribution in [2.45, 2.75) is 33.1 Å². The fraction of sp³-hybridized carbons (Fsp3) is 0.412. The molecular weight excluding hydrogens is 314 g/mol. The summed E-state index contributed by atoms with van der Waals surface area (Å²) in [5.74, 6) is 0.0490. The molecule has 2 amide bonds. The molecule has 1 aromatic rings. The fourth-order valence-electron chi connectivity index (χ4n) is 2.28. The number of rotatable bonds is 7. The number of hydrogen-bond acceptors (Lipinski definition) is 5. The molecule has 1 N–H and O–H groups in total. The van der Waals surface area contributed by atoms with Crippen molar-refractivity contribution in [1.82, 2.24) is 4.90 Å². The molecule has 0 radical (unpaired) electrons. The summed E-state index contributed by atoms with van der Waals surface area (Å²) >= 11 is 0.909. The normalized spacial score (nSPS) is 16.4. The Balaban J connectivity index is 2.19. The maximum Gasteiger partial charge on any atom is 0.293 e. The second-order valence-corrected chi connectivity index (χ2v) is 6.16. The Morgan fingerprint density at radius 3 is 2.74 bits per heavy atom. The largest absolute Gasteiger partial charge is 0.504 e. The fourth-order valence-corrected chi connectivity index (χ4v) is 3.14. The van der Waals surface area contributed by atoms with Crippen molar-refractivity contribution in [1.29, 1.82) is 0 Å². The number of carbonyl (C=O) groups is 2. The molecule has 2 rings (SSSR count). The molecule has 1 saturated heterocycles. The predicted octanol–water partition coefficient (Wildman–Crippen LogP) is 4.02. The quantitative estimate of drug-likeness (QED) is 0.602. The van der Waals surface area contributed by atoms with E-state index in [0.29, 0.717) is 29.4 Å². The van der Waals surface area contributed by atoms with Crippen LogP contribution >= 0.6 is 11.8 Å². The maximum absolute atomic E-state index is 12.3. The third-order valence-corrected chi connectivity index (χ3v) is 4.38. The van der Waals surface area contributed by atoms with Gasteiger partial charge < -0.3 is 9.84 Å². The first-order valence-electron chi connectivity index (χ1n) is 7.78. The van der Waals surface area contributed by atoms with E-state index in [1.807, 2.05) is 6.92 Å². The summed E-state index contributed by atoms with van der Waals surface area (Å²) in [6.07, 6.45) is 4.37. The van der Waals surface area contributed by atoms with E-state index in [1.165, 1.54) is 4.90 Å². The number of nitrogens with zero attached hydrogens (tertiary/aromatic N) is 1. The Hall–Kier alpha value is -1.95. The summed E-state index contributed by atoms with van der Waals surface area (Å²) in [7, 11) is 0. The van der Waals surface area contributed by atoms with Gasteiger partial charge in [0.05, 0.1) is 11.5 Å². The van der Waals surface area contributed by atoms with E-state index in [-0.39, 0.29) is 16.9 Å². The van der Waals surface area contributed by atoms with E-state index in [0.717, 1.165) is 31.0 Å². The Bertz CT molecular complexity index is 627. The highest BCUT2D eigenvalue weighted by atomic mass is 32.2. The lowest BCUT2D eigenvalue weighted by atomic mass is 10.1. The SMILES string of the molecule is CCCCCN1C(=O)S/C(=C\c2cccc(OCC)c2O)C1=O. The Kier molecular flexibility index (Phi) is 6.10. The van der Waals surface area contributed by atoms with Crippen LogP contribution in [-0.4, -0.2) is 34.3 Å². The first kappa shape index (κ1) is 17.4. The number of phenolic OH excluding ortho intramolecular Hbond substituents is 1. The molecule has 124 valence electrons. The third kappa shape index (κ3) is 4.07. The van der Waals surface area contributed by atoms with Crippen molar-refractivity contribution < 1.29 is 19.4 Å². The molecule has 0 aromatic heterocycles. The van der Waals surface area contributed by atoms with E-state index in [9.17, 15) is 14.7 Å². The number of amides is 2. The zero-order valence-electron chi connectivity index (χ0n) is 13.4. The second kappa shape index (κ2) is 8.06. The van der Waals surface area contributed by atoms with Gasteiger partial charge in [0.25, 0.3) is 11.1 Å². The Morgan fingerprint density at radius 2 is 2.04 bits per heavy atom. The van der Waals surface area contributed by atoms with Crippen molar-refractivity contribution in [2.24, 2.45) is 0 Å². The highest BCUT2D eigenvalue weighted by Crippen LogP contribution is 2.36. The molecule has 0 atom stereocenters. The van der Waals surface area contributed by atoms with Crippen LogP contribution in [0.3, 0.4) is 0 Å². The van der Waals surface area contributed by atoms with Gasteiger partial charge in [0.1, 0.15) is 0 Å². The lowest BCUT2D eigenvalue weighted by molar-refractivity contribution is -0.122. The molecule has 0 spiro atoms. The molecule has 5 nitrogen and oxygen atoms in total. The number of thioether (sulfide) groups is 1. The number of aromatic hydroxyl groups is 1. The van der Waals surface area contributed by atoms with Gasteiger partial charge in [-0.25, -0.2) is 0 Å². The van der Waals surface area contributed by atoms with Crippen molar-refractivity contribution in [2.75, 3.05) is 13.2 Å². The number of phenols is 1. The summed E-state index contributed by atoms with van der Waals surface area (Å²) in [5.41, 5.74) is 0.468. The van der Waals surface area contributed by atoms with Gasteiger partial charge in [-0.15, -0.1) is 0 Å². The average Bonchev–Trinajstić information content (AvgIpc) is 2.79. The number of hydrogen-bond donors (Lipinski definition) is 1. The molecule has 1 fully saturated rings. The number of carbonyl (C=O) groups excluding carboxylic acids is 2. The standard InChI is InChI=1S/C17H21NO4S/c1-3-5-6-10-18-16(20)14(23-17(18)21)11-12-8-7-9-13(15(12)19)22-4-2/h7-9,11,19H,3-6,10H2,1-2H3/b14-11-. The predicted molar refractivity (Wildman–Crippen MR) is 91.5 cm³/mol. The van der Waals surface area contributed by atoms with Crippen LogP contribution in [0.4, 0.5) is 4.79 Å². The smallest absolute Gasteiger partial charge is 0.293 e. The molecule has 1 aromatic carbocycles. The van der Waals surface area contributed by atoms with Crippen molar-refractivity contribution >= 4 is 29.0 Å². The van der Waals surface area contributed by atoms with Crippen LogP contribution in [0.2, 0.25) is 0 Å². The van der Waals surface area contributed by atoms with Gasteiger partial charge in [-0.1, -0.05) is 31.9 Å². The summed E-state index contributed by atoms with van der Waals surface area (Å²) in [6, 6.07) is 5.08. The van der Waals surface area contributed by atoms with Crippen LogP contribution in [0.15, 0.2) is 23.1 Å². The monoisotopic (exact) mass is 335 g/mol. The minimum Gasteiger partial charge on any atom is -0.504 e. The van der Waals surface area contributed by atoms with E-state index in [1.54, 1.807) is 24.3 Å². The lowest BCUT2D eigenvalue weighted by Crippen LogP contribution is -2.29. The molecule has 23 heavy (non-hydrogen) atoms. The number of benzene rings is 1. The number of para-hydroxylation sites is 1. The van der Waals surface area contributed by atoms with E-state index < -0.39 is 0 Å². The van der Waals surface area contributed by atoms with Gasteiger partial charge in [-0.2, -0.15) is 0 Å². The number of unbranched alkanes of at least 4 members (excludes halogenated alkanes) is 2. The first-order valence-corrected chi connectivity index (χ1v) is 8.60. The van der Waals surface area contributed by atoms with Gasteiger partial charge in [-0.05, 0) is 37.2 Å². The molecule has 0 saturated carbocycles. The van der Waals surface area contributed by atoms with E-state index in [4.69, 9.17) is 4.74 Å². The van der Waals surface area contributed by atoms with Gasteiger partial charge in [0.2, 0.25) is 0 Å². The summed E-state index contributed by atoms with van der Waals surface area (Å²) in [4.78, 5) is 25.9. The van der Waals surface area contributed by atoms with E-state index >= 15 is 0 Å². The zero-order valence-corrected chi connectivity index (χ0v) is 14.2. The first-order chi connectivity index (χ1) is 11.1. The Labute approximate surface area is 140 Å². The van der Waals surface area contributed by atoms with Gasteiger partial charge in [0.15, 0.2) is 11.5 Å². The third-order valence-electron chi connectivity index (χ3n) is 3.48. The molecule has 1 heterocycles. The van der Waals surface area contributed by atoms with Crippen LogP contribution < -0.4 is 4.74 Å². The van der Waals surface area contributed by atoms with Crippen LogP contribution in [0.5, 0.6) is 11.5 Å². The zero-order chi connectivity index (χ0) is 16.8. The number of imide groups is 1. The second-order valence-electron chi connectivity index (χ2n) is 5.17. The summed E-state index contributed by atoms with van der Waals surface area (Å²) < 4.78 is 5.33. The number of ether oxygens (including phenoxy) is 1. The van der Waals surface area contributed by atoms with Crippen molar-refractivity contribution in [3.05, 3.63) is 28.7 Å². The molecule has 0 bridgehead atoms. The Morgan fingerprint density at radius 1 is 1.26 bits per heavy atom. The highest BCUT2D eigenvalue weighted by molar-refractivity contribution is 8.18. The van der Waals surface area contributed by atoms with Crippen LogP contribution in [0.25, 0.3) is 6.08 Å². The molecule has 0 aliphatic carbocycles. The molecule has 1 aliphatic rings. The highest BCUT2D eigenvalue weighted by Gasteiger charge is 2.34. The summed E-state index contributed by atoms with van der Waals surface area (Å²) in [5, 5.41) is 9.93. The maximum atomic E-state index is 12.3. The van der Waals surface area contributed by atoms with Gasteiger partial charge >= 0.3 is 0 Å². The van der Waals surface area contributed by atoms with Gasteiger partial charge in [-0.3, -0.25) is 14.5 Å². The average molecular weight is 335 g/mol. The minimum atomic E-state index is -0.294. The molecular formula is C17H21NO4S. The molecule has 1 aliphatic heterocycles. The lowest BCUT2D eigenvalue weighted by Gasteiger charge is -2.11.